The Hall–Kier alpha value is -4.47. The Morgan fingerprint density at radius 3 is 2.77 bits per heavy atom. The lowest BCUT2D eigenvalue weighted by atomic mass is 10.1. The van der Waals surface area contributed by atoms with Crippen LogP contribution in [0.4, 0.5) is 5.82 Å². The van der Waals surface area contributed by atoms with Crippen LogP contribution in [0.15, 0.2) is 49.2 Å². The van der Waals surface area contributed by atoms with Crippen LogP contribution in [0.1, 0.15) is 24.8 Å². The Morgan fingerprint density at radius 1 is 1.15 bits per heavy atom. The molecule has 0 bridgehead atoms. The quantitative estimate of drug-likeness (QED) is 0.357. The maximum atomic E-state index is 12.1. The van der Waals surface area contributed by atoms with Crippen LogP contribution in [0.25, 0.3) is 21.8 Å². The highest BCUT2D eigenvalue weighted by Gasteiger charge is 2.26. The number of nitrogens with zero attached hydrogens (tertiary/aromatic N) is 5. The summed E-state index contributed by atoms with van der Waals surface area (Å²) in [7, 11) is 0. The number of aryl methyl sites for hydroxylation is 1. The number of aromatic nitrogens is 4. The number of ether oxygens (including phenoxy) is 2. The number of Topliss-reactive ketones (excluding diaryl/α,β-unsaturated/α-hetero) is 1. The number of para-hydroxylation sites is 1. The number of carbonyl (C=O) groups excluding carboxylic acids is 2. The Kier molecular flexibility index (Phi) is 6.60. The minimum absolute atomic E-state index is 0.0724. The van der Waals surface area contributed by atoms with Crippen LogP contribution >= 0.6 is 0 Å². The van der Waals surface area contributed by atoms with Crippen molar-refractivity contribution < 1.29 is 19.1 Å². The maximum absolute atomic E-state index is 12.1. The third-order valence-corrected chi connectivity index (χ3v) is 7.49. The molecule has 1 saturated carbocycles. The normalized spacial score (nSPS) is 17.7. The molecule has 2 fully saturated rings. The van der Waals surface area contributed by atoms with E-state index in [2.05, 4.69) is 21.7 Å². The Labute approximate surface area is 225 Å². The van der Waals surface area contributed by atoms with Gasteiger partial charge in [0.15, 0.2) is 5.75 Å². The molecule has 10 nitrogen and oxygen atoms in total. The number of piperazine rings is 1. The smallest absolute Gasteiger partial charge is 0.319 e. The number of rotatable bonds is 7. The number of fused-ring (bicyclic) bond motifs is 2. The molecule has 4 aromatic rings. The van der Waals surface area contributed by atoms with Crippen LogP contribution in [-0.2, 0) is 9.59 Å². The fraction of sp³-hybridized carbons (Fsp3) is 0.345. The summed E-state index contributed by atoms with van der Waals surface area (Å²) in [5, 5.41) is 8.88. The number of ketones is 1. The molecular formula is C29H30N6O4. The van der Waals surface area contributed by atoms with E-state index in [0.29, 0.717) is 62.6 Å². The SMILES string of the molecule is C=CC(=O)N1CCN(c2nc(OC[C@H]3CCC(=O)C3)nc3c(Oc4c(C)ccc5[nH]ncc45)cccc23)CC1. The van der Waals surface area contributed by atoms with Gasteiger partial charge in [0.2, 0.25) is 5.91 Å². The molecule has 1 atom stereocenters. The van der Waals surface area contributed by atoms with Gasteiger partial charge in [-0.05, 0) is 43.2 Å². The highest BCUT2D eigenvalue weighted by molar-refractivity contribution is 5.95. The third kappa shape index (κ3) is 4.89. The van der Waals surface area contributed by atoms with E-state index in [1.807, 2.05) is 37.3 Å². The molecule has 6 rings (SSSR count). The Bertz CT molecular complexity index is 1570. The highest BCUT2D eigenvalue weighted by Crippen LogP contribution is 2.38. The van der Waals surface area contributed by atoms with Crippen molar-refractivity contribution >= 4 is 39.3 Å². The van der Waals surface area contributed by atoms with Crippen molar-refractivity contribution in [2.24, 2.45) is 5.92 Å². The molecule has 1 amide bonds. The van der Waals surface area contributed by atoms with E-state index in [1.165, 1.54) is 6.08 Å². The van der Waals surface area contributed by atoms with Crippen LogP contribution in [0.3, 0.4) is 0 Å². The second-order valence-corrected chi connectivity index (χ2v) is 10.1. The van der Waals surface area contributed by atoms with E-state index < -0.39 is 0 Å². The van der Waals surface area contributed by atoms with Gasteiger partial charge in [-0.1, -0.05) is 18.7 Å². The number of hydrogen-bond acceptors (Lipinski definition) is 8. The molecule has 200 valence electrons. The van der Waals surface area contributed by atoms with Crippen LogP contribution in [0.5, 0.6) is 17.5 Å². The van der Waals surface area contributed by atoms with Gasteiger partial charge >= 0.3 is 6.01 Å². The number of amides is 1. The highest BCUT2D eigenvalue weighted by atomic mass is 16.5. The molecule has 10 heteroatoms. The summed E-state index contributed by atoms with van der Waals surface area (Å²) in [5.74, 6) is 2.38. The summed E-state index contributed by atoms with van der Waals surface area (Å²) < 4.78 is 12.6. The zero-order chi connectivity index (χ0) is 26.9. The van der Waals surface area contributed by atoms with Gasteiger partial charge in [-0.25, -0.2) is 0 Å². The van der Waals surface area contributed by atoms with Gasteiger partial charge in [0.25, 0.3) is 0 Å². The number of hydrogen-bond donors (Lipinski definition) is 1. The van der Waals surface area contributed by atoms with Gasteiger partial charge in [-0.2, -0.15) is 15.1 Å². The minimum Gasteiger partial charge on any atom is -0.463 e. The van der Waals surface area contributed by atoms with Crippen molar-refractivity contribution in [1.29, 1.82) is 0 Å². The van der Waals surface area contributed by atoms with Crippen molar-refractivity contribution in [3.63, 3.8) is 0 Å². The fourth-order valence-corrected chi connectivity index (χ4v) is 5.32. The first-order chi connectivity index (χ1) is 19.0. The van der Waals surface area contributed by atoms with Crippen molar-refractivity contribution in [3.05, 3.63) is 54.7 Å². The predicted octanol–water partition coefficient (Wildman–Crippen LogP) is 4.19. The summed E-state index contributed by atoms with van der Waals surface area (Å²) in [5.41, 5.74) is 2.48. The topological polar surface area (TPSA) is 114 Å². The first-order valence-electron chi connectivity index (χ1n) is 13.2. The number of H-pyrrole nitrogens is 1. The summed E-state index contributed by atoms with van der Waals surface area (Å²) in [6.45, 7) is 8.34. The molecule has 0 unspecified atom stereocenters. The molecule has 2 aromatic heterocycles. The molecule has 1 N–H and O–H groups in total. The molecule has 1 aliphatic heterocycles. The van der Waals surface area contributed by atoms with Crippen LogP contribution < -0.4 is 14.4 Å². The monoisotopic (exact) mass is 526 g/mol. The molecular weight excluding hydrogens is 496 g/mol. The van der Waals surface area contributed by atoms with E-state index in [9.17, 15) is 9.59 Å². The standard InChI is InChI=1S/C29H30N6O4/c1-3-25(37)34-11-13-35(14-12-34)28-21-5-4-6-24(39-27-18(2)7-10-23-22(27)16-30-33-23)26(21)31-29(32-28)38-17-19-8-9-20(36)15-19/h3-7,10,16,19H,1,8-9,11-15,17H2,2H3,(H,30,33)/t19-/m0/s1. The molecule has 1 aliphatic carbocycles. The minimum atomic E-state index is -0.0724. The molecule has 0 spiro atoms. The molecule has 39 heavy (non-hydrogen) atoms. The lowest BCUT2D eigenvalue weighted by Gasteiger charge is -2.35. The molecule has 0 radical (unpaired) electrons. The lowest BCUT2D eigenvalue weighted by Crippen LogP contribution is -2.48. The van der Waals surface area contributed by atoms with Gasteiger partial charge in [0.05, 0.1) is 23.7 Å². The van der Waals surface area contributed by atoms with Crippen LogP contribution in [0.2, 0.25) is 0 Å². The summed E-state index contributed by atoms with van der Waals surface area (Å²) >= 11 is 0. The Morgan fingerprint density at radius 2 is 2.00 bits per heavy atom. The molecule has 2 aromatic carbocycles. The number of carbonyl (C=O) groups is 2. The van der Waals surface area contributed by atoms with E-state index in [1.54, 1.807) is 11.1 Å². The van der Waals surface area contributed by atoms with E-state index >= 15 is 0 Å². The van der Waals surface area contributed by atoms with Crippen molar-refractivity contribution in [3.8, 4) is 17.5 Å². The summed E-state index contributed by atoms with van der Waals surface area (Å²) in [6, 6.07) is 10.0. The van der Waals surface area contributed by atoms with E-state index in [0.717, 1.165) is 34.1 Å². The average Bonchev–Trinajstić information content (AvgIpc) is 3.61. The average molecular weight is 527 g/mol. The number of benzene rings is 2. The fourth-order valence-electron chi connectivity index (χ4n) is 5.32. The van der Waals surface area contributed by atoms with Gasteiger partial charge in [-0.3, -0.25) is 14.7 Å². The predicted molar refractivity (Wildman–Crippen MR) is 147 cm³/mol. The van der Waals surface area contributed by atoms with E-state index in [4.69, 9.17) is 19.4 Å². The van der Waals surface area contributed by atoms with Crippen molar-refractivity contribution in [2.75, 3.05) is 37.7 Å². The molecule has 1 saturated heterocycles. The summed E-state index contributed by atoms with van der Waals surface area (Å²) in [4.78, 5) is 37.4. The van der Waals surface area contributed by atoms with Gasteiger partial charge in [0, 0.05) is 50.3 Å². The van der Waals surface area contributed by atoms with Gasteiger partial charge < -0.3 is 19.3 Å². The summed E-state index contributed by atoms with van der Waals surface area (Å²) in [6.07, 6.45) is 5.05. The van der Waals surface area contributed by atoms with E-state index in [-0.39, 0.29) is 23.6 Å². The number of nitrogens with one attached hydrogen (secondary N) is 1. The van der Waals surface area contributed by atoms with Crippen molar-refractivity contribution in [1.82, 2.24) is 25.1 Å². The van der Waals surface area contributed by atoms with Gasteiger partial charge in [-0.15, -0.1) is 0 Å². The Balaban J connectivity index is 1.38. The van der Waals surface area contributed by atoms with Crippen LogP contribution in [-0.4, -0.2) is 69.5 Å². The van der Waals surface area contributed by atoms with Gasteiger partial charge in [0.1, 0.15) is 22.9 Å². The third-order valence-electron chi connectivity index (χ3n) is 7.49. The second kappa shape index (κ2) is 10.4. The molecule has 3 heterocycles. The largest absolute Gasteiger partial charge is 0.463 e. The zero-order valence-electron chi connectivity index (χ0n) is 21.9. The number of anilines is 1. The second-order valence-electron chi connectivity index (χ2n) is 10.1. The molecule has 2 aliphatic rings. The first kappa shape index (κ1) is 24.8. The number of aromatic amines is 1. The maximum Gasteiger partial charge on any atom is 0.319 e. The van der Waals surface area contributed by atoms with Crippen LogP contribution in [0, 0.1) is 12.8 Å². The van der Waals surface area contributed by atoms with Crippen molar-refractivity contribution in [2.45, 2.75) is 26.2 Å². The first-order valence-corrected chi connectivity index (χ1v) is 13.2. The lowest BCUT2D eigenvalue weighted by molar-refractivity contribution is -0.126. The zero-order valence-corrected chi connectivity index (χ0v) is 21.9.